The van der Waals surface area contributed by atoms with Crippen LogP contribution >= 0.6 is 0 Å². The van der Waals surface area contributed by atoms with Gasteiger partial charge in [0.1, 0.15) is 6.73 Å². The van der Waals surface area contributed by atoms with Crippen LogP contribution in [0.15, 0.2) is 42.5 Å². The van der Waals surface area contributed by atoms with Gasteiger partial charge in [-0.05, 0) is 37.6 Å². The SMILES string of the molecule is Cc1ccc(N2Cc3cc(C)ccc3N(CO)C2)cc1. The van der Waals surface area contributed by atoms with Crippen molar-refractivity contribution in [3.05, 3.63) is 59.2 Å². The number of fused-ring (bicyclic) bond motifs is 1. The van der Waals surface area contributed by atoms with Gasteiger partial charge in [-0.3, -0.25) is 0 Å². The van der Waals surface area contributed by atoms with Crippen LogP contribution in [0, 0.1) is 13.8 Å². The summed E-state index contributed by atoms with van der Waals surface area (Å²) in [7, 11) is 0. The summed E-state index contributed by atoms with van der Waals surface area (Å²) in [4.78, 5) is 4.29. The molecule has 3 heteroatoms. The first-order chi connectivity index (χ1) is 9.67. The lowest BCUT2D eigenvalue weighted by Crippen LogP contribution is -2.43. The summed E-state index contributed by atoms with van der Waals surface area (Å²) >= 11 is 0. The standard InChI is InChI=1S/C17H20N2O/c1-13-3-6-16(7-4-13)18-10-15-9-14(2)5-8-17(15)19(11-18)12-20/h3-9,20H,10-12H2,1-2H3. The number of hydrogen-bond donors (Lipinski definition) is 1. The fourth-order valence-electron chi connectivity index (χ4n) is 2.74. The summed E-state index contributed by atoms with van der Waals surface area (Å²) in [6, 6.07) is 15.0. The molecule has 20 heavy (non-hydrogen) atoms. The van der Waals surface area contributed by atoms with E-state index in [4.69, 9.17) is 0 Å². The normalized spacial score (nSPS) is 14.3. The molecule has 104 valence electrons. The molecule has 1 heterocycles. The second-order valence-corrected chi connectivity index (χ2v) is 5.49. The highest BCUT2D eigenvalue weighted by atomic mass is 16.3. The molecule has 2 aromatic carbocycles. The highest BCUT2D eigenvalue weighted by Crippen LogP contribution is 2.30. The fourth-order valence-corrected chi connectivity index (χ4v) is 2.74. The Morgan fingerprint density at radius 3 is 2.40 bits per heavy atom. The molecular weight excluding hydrogens is 248 g/mol. The van der Waals surface area contributed by atoms with Gasteiger partial charge in [-0.15, -0.1) is 0 Å². The molecule has 1 N–H and O–H groups in total. The van der Waals surface area contributed by atoms with Gasteiger partial charge in [0.05, 0.1) is 6.67 Å². The minimum atomic E-state index is 0.0401. The van der Waals surface area contributed by atoms with Crippen LogP contribution in [0.5, 0.6) is 0 Å². The van der Waals surface area contributed by atoms with Crippen LogP contribution in [0.1, 0.15) is 16.7 Å². The number of aliphatic hydroxyl groups excluding tert-OH is 1. The van der Waals surface area contributed by atoms with Crippen LogP contribution in [0.25, 0.3) is 0 Å². The zero-order chi connectivity index (χ0) is 14.1. The van der Waals surface area contributed by atoms with E-state index in [0.29, 0.717) is 0 Å². The first-order valence-electron chi connectivity index (χ1n) is 6.94. The summed E-state index contributed by atoms with van der Waals surface area (Å²) in [5.41, 5.74) is 6.13. The molecule has 0 amide bonds. The summed E-state index contributed by atoms with van der Waals surface area (Å²) in [5, 5.41) is 9.62. The molecule has 0 spiro atoms. The molecule has 3 rings (SSSR count). The van der Waals surface area contributed by atoms with Gasteiger partial charge in [0, 0.05) is 17.9 Å². The Morgan fingerprint density at radius 1 is 1.00 bits per heavy atom. The van der Waals surface area contributed by atoms with Crippen molar-refractivity contribution in [3.63, 3.8) is 0 Å². The average Bonchev–Trinajstić information content (AvgIpc) is 2.46. The Labute approximate surface area is 120 Å². The minimum absolute atomic E-state index is 0.0401. The number of aryl methyl sites for hydroxylation is 2. The van der Waals surface area contributed by atoms with Crippen LogP contribution in [0.2, 0.25) is 0 Å². The molecule has 1 aliphatic rings. The van der Waals surface area contributed by atoms with Crippen LogP contribution in [-0.4, -0.2) is 18.5 Å². The number of rotatable bonds is 2. The van der Waals surface area contributed by atoms with Crippen molar-refractivity contribution < 1.29 is 5.11 Å². The van der Waals surface area contributed by atoms with Crippen molar-refractivity contribution in [2.45, 2.75) is 20.4 Å². The second-order valence-electron chi connectivity index (χ2n) is 5.49. The van der Waals surface area contributed by atoms with Crippen LogP contribution in [0.3, 0.4) is 0 Å². The Morgan fingerprint density at radius 2 is 1.70 bits per heavy atom. The van der Waals surface area contributed by atoms with E-state index in [1.54, 1.807) is 0 Å². The van der Waals surface area contributed by atoms with E-state index in [1.165, 1.54) is 22.4 Å². The minimum Gasteiger partial charge on any atom is -0.376 e. The van der Waals surface area contributed by atoms with Crippen molar-refractivity contribution in [2.75, 3.05) is 23.2 Å². The molecule has 0 radical (unpaired) electrons. The van der Waals surface area contributed by atoms with E-state index in [2.05, 4.69) is 61.2 Å². The second kappa shape index (κ2) is 5.17. The Bertz CT molecular complexity index is 607. The molecule has 0 aromatic heterocycles. The van der Waals surface area contributed by atoms with Crippen molar-refractivity contribution in [1.82, 2.24) is 0 Å². The van der Waals surface area contributed by atoms with E-state index in [0.717, 1.165) is 18.9 Å². The van der Waals surface area contributed by atoms with Crippen molar-refractivity contribution in [2.24, 2.45) is 0 Å². The van der Waals surface area contributed by atoms with Gasteiger partial charge in [-0.25, -0.2) is 0 Å². The van der Waals surface area contributed by atoms with Crippen LogP contribution in [0.4, 0.5) is 11.4 Å². The lowest BCUT2D eigenvalue weighted by Gasteiger charge is -2.38. The molecule has 0 fully saturated rings. The predicted molar refractivity (Wildman–Crippen MR) is 83.0 cm³/mol. The smallest absolute Gasteiger partial charge is 0.117 e. The maximum Gasteiger partial charge on any atom is 0.117 e. The number of benzene rings is 2. The van der Waals surface area contributed by atoms with Crippen molar-refractivity contribution in [1.29, 1.82) is 0 Å². The first-order valence-corrected chi connectivity index (χ1v) is 6.94. The molecule has 2 aromatic rings. The zero-order valence-electron chi connectivity index (χ0n) is 12.0. The molecule has 0 bridgehead atoms. The van der Waals surface area contributed by atoms with Crippen LogP contribution in [-0.2, 0) is 6.54 Å². The molecule has 1 aliphatic heterocycles. The Balaban J connectivity index is 1.95. The molecule has 0 saturated heterocycles. The largest absolute Gasteiger partial charge is 0.376 e. The first kappa shape index (κ1) is 13.0. The summed E-state index contributed by atoms with van der Waals surface area (Å²) in [6.07, 6.45) is 0. The summed E-state index contributed by atoms with van der Waals surface area (Å²) < 4.78 is 0. The van der Waals surface area contributed by atoms with Crippen LogP contribution < -0.4 is 9.80 Å². The highest BCUT2D eigenvalue weighted by Gasteiger charge is 2.22. The number of anilines is 2. The third-order valence-electron chi connectivity index (χ3n) is 3.85. The van der Waals surface area contributed by atoms with E-state index >= 15 is 0 Å². The van der Waals surface area contributed by atoms with E-state index in [1.807, 2.05) is 4.90 Å². The van der Waals surface area contributed by atoms with Gasteiger partial charge in [-0.2, -0.15) is 0 Å². The maximum absolute atomic E-state index is 9.62. The lowest BCUT2D eigenvalue weighted by molar-refractivity contribution is 0.288. The quantitative estimate of drug-likeness (QED) is 0.907. The number of hydrogen-bond acceptors (Lipinski definition) is 3. The van der Waals surface area contributed by atoms with E-state index in [-0.39, 0.29) is 6.73 Å². The van der Waals surface area contributed by atoms with E-state index < -0.39 is 0 Å². The zero-order valence-corrected chi connectivity index (χ0v) is 12.0. The maximum atomic E-state index is 9.62. The lowest BCUT2D eigenvalue weighted by atomic mass is 10.1. The Hall–Kier alpha value is -2.00. The molecule has 0 saturated carbocycles. The average molecular weight is 268 g/mol. The molecule has 0 atom stereocenters. The third-order valence-corrected chi connectivity index (χ3v) is 3.85. The molecular formula is C17H20N2O. The Kier molecular flexibility index (Phi) is 3.36. The van der Waals surface area contributed by atoms with Gasteiger partial charge in [0.2, 0.25) is 0 Å². The molecule has 3 nitrogen and oxygen atoms in total. The van der Waals surface area contributed by atoms with Gasteiger partial charge in [0.15, 0.2) is 0 Å². The van der Waals surface area contributed by atoms with Crippen molar-refractivity contribution in [3.8, 4) is 0 Å². The van der Waals surface area contributed by atoms with E-state index in [9.17, 15) is 5.11 Å². The van der Waals surface area contributed by atoms with Crippen molar-refractivity contribution >= 4 is 11.4 Å². The molecule has 0 unspecified atom stereocenters. The summed E-state index contributed by atoms with van der Waals surface area (Å²) in [5.74, 6) is 0. The number of nitrogens with zero attached hydrogens (tertiary/aromatic N) is 2. The topological polar surface area (TPSA) is 26.7 Å². The highest BCUT2D eigenvalue weighted by molar-refractivity contribution is 5.61. The fraction of sp³-hybridized carbons (Fsp3) is 0.294. The predicted octanol–water partition coefficient (Wildman–Crippen LogP) is 3.04. The van der Waals surface area contributed by atoms with Gasteiger partial charge in [-0.1, -0.05) is 35.4 Å². The third kappa shape index (κ3) is 2.37. The van der Waals surface area contributed by atoms with Gasteiger partial charge in [0.25, 0.3) is 0 Å². The number of aliphatic hydroxyl groups is 1. The molecule has 0 aliphatic carbocycles. The summed E-state index contributed by atoms with van der Waals surface area (Å²) in [6.45, 7) is 5.84. The monoisotopic (exact) mass is 268 g/mol. The van der Waals surface area contributed by atoms with Gasteiger partial charge < -0.3 is 14.9 Å². The van der Waals surface area contributed by atoms with Gasteiger partial charge >= 0.3 is 0 Å².